The number of hydrogen-bond acceptors (Lipinski definition) is 3. The lowest BCUT2D eigenvalue weighted by Crippen LogP contribution is -2.50. The highest BCUT2D eigenvalue weighted by Crippen LogP contribution is 2.30. The minimum atomic E-state index is -2.95. The third kappa shape index (κ3) is 3.64. The second-order valence-corrected chi connectivity index (χ2v) is 4.29. The predicted molar refractivity (Wildman–Crippen MR) is 67.9 cm³/mol. The fourth-order valence-corrected chi connectivity index (χ4v) is 1.77. The maximum Gasteiger partial charge on any atom is 0.387 e. The zero-order chi connectivity index (χ0) is 14.5. The van der Waals surface area contributed by atoms with Gasteiger partial charge in [0, 0.05) is 5.56 Å². The summed E-state index contributed by atoms with van der Waals surface area (Å²) in [7, 11) is 0. The van der Waals surface area contributed by atoms with Crippen molar-refractivity contribution in [2.24, 2.45) is 5.73 Å². The SMILES string of the molecule is CCCNC(C)(C(N)=O)c1ccccc1OC(F)F. The molecule has 106 valence electrons. The fourth-order valence-electron chi connectivity index (χ4n) is 1.77. The summed E-state index contributed by atoms with van der Waals surface area (Å²) in [5, 5.41) is 2.98. The quantitative estimate of drug-likeness (QED) is 0.797. The topological polar surface area (TPSA) is 64.3 Å². The molecule has 0 saturated carbocycles. The van der Waals surface area contributed by atoms with E-state index in [0.717, 1.165) is 6.42 Å². The van der Waals surface area contributed by atoms with E-state index in [4.69, 9.17) is 5.73 Å². The van der Waals surface area contributed by atoms with E-state index < -0.39 is 18.1 Å². The molecule has 3 N–H and O–H groups in total. The zero-order valence-electron chi connectivity index (χ0n) is 11.0. The van der Waals surface area contributed by atoms with Crippen molar-refractivity contribution >= 4 is 5.91 Å². The Hall–Kier alpha value is -1.69. The van der Waals surface area contributed by atoms with Gasteiger partial charge in [0.2, 0.25) is 5.91 Å². The van der Waals surface area contributed by atoms with Crippen molar-refractivity contribution in [1.29, 1.82) is 0 Å². The molecule has 1 rings (SSSR count). The summed E-state index contributed by atoms with van der Waals surface area (Å²) in [6.07, 6.45) is 0.779. The number of carbonyl (C=O) groups is 1. The van der Waals surface area contributed by atoms with E-state index in [1.807, 2.05) is 6.92 Å². The van der Waals surface area contributed by atoms with E-state index in [1.54, 1.807) is 25.1 Å². The fraction of sp³-hybridized carbons (Fsp3) is 0.462. The molecule has 0 bridgehead atoms. The van der Waals surface area contributed by atoms with Gasteiger partial charge in [-0.15, -0.1) is 0 Å². The van der Waals surface area contributed by atoms with Crippen molar-refractivity contribution in [3.05, 3.63) is 29.8 Å². The lowest BCUT2D eigenvalue weighted by atomic mass is 9.90. The number of amides is 1. The van der Waals surface area contributed by atoms with Crippen molar-refractivity contribution in [2.45, 2.75) is 32.4 Å². The van der Waals surface area contributed by atoms with Crippen molar-refractivity contribution in [1.82, 2.24) is 5.32 Å². The summed E-state index contributed by atoms with van der Waals surface area (Å²) >= 11 is 0. The lowest BCUT2D eigenvalue weighted by molar-refractivity contribution is -0.124. The Bertz CT molecular complexity index is 440. The van der Waals surface area contributed by atoms with Crippen LogP contribution in [0.25, 0.3) is 0 Å². The number of benzene rings is 1. The first-order valence-electron chi connectivity index (χ1n) is 6.01. The number of hydrogen-bond donors (Lipinski definition) is 2. The van der Waals surface area contributed by atoms with Crippen LogP contribution in [0.4, 0.5) is 8.78 Å². The van der Waals surface area contributed by atoms with Gasteiger partial charge in [-0.05, 0) is 26.0 Å². The first kappa shape index (κ1) is 15.4. The molecule has 0 aromatic heterocycles. The van der Waals surface area contributed by atoms with Gasteiger partial charge in [0.15, 0.2) is 0 Å². The lowest BCUT2D eigenvalue weighted by Gasteiger charge is -2.29. The summed E-state index contributed by atoms with van der Waals surface area (Å²) < 4.78 is 29.2. The number of carbonyl (C=O) groups excluding carboxylic acids is 1. The van der Waals surface area contributed by atoms with Gasteiger partial charge in [0.1, 0.15) is 11.3 Å². The first-order valence-corrected chi connectivity index (χ1v) is 6.01. The molecule has 0 spiro atoms. The summed E-state index contributed by atoms with van der Waals surface area (Å²) in [5.74, 6) is -0.700. The molecule has 0 heterocycles. The molecule has 0 aliphatic carbocycles. The number of rotatable bonds is 7. The van der Waals surface area contributed by atoms with Crippen LogP contribution < -0.4 is 15.8 Å². The van der Waals surface area contributed by atoms with E-state index in [-0.39, 0.29) is 5.75 Å². The van der Waals surface area contributed by atoms with Gasteiger partial charge < -0.3 is 10.5 Å². The minimum absolute atomic E-state index is 0.0533. The molecule has 6 heteroatoms. The van der Waals surface area contributed by atoms with Gasteiger partial charge in [-0.25, -0.2) is 0 Å². The number of para-hydroxylation sites is 1. The molecule has 0 saturated heterocycles. The van der Waals surface area contributed by atoms with Crippen LogP contribution in [-0.2, 0) is 10.3 Å². The highest BCUT2D eigenvalue weighted by Gasteiger charge is 2.35. The summed E-state index contributed by atoms with van der Waals surface area (Å²) in [6.45, 7) is 1.06. The normalized spacial score (nSPS) is 14.2. The molecule has 19 heavy (non-hydrogen) atoms. The zero-order valence-corrected chi connectivity index (χ0v) is 11.0. The molecule has 1 aromatic rings. The Morgan fingerprint density at radius 3 is 2.63 bits per heavy atom. The minimum Gasteiger partial charge on any atom is -0.434 e. The van der Waals surface area contributed by atoms with E-state index in [9.17, 15) is 13.6 Å². The number of primary amides is 1. The van der Waals surface area contributed by atoms with Crippen LogP contribution in [0.5, 0.6) is 5.75 Å². The Balaban J connectivity index is 3.18. The van der Waals surface area contributed by atoms with E-state index >= 15 is 0 Å². The number of nitrogens with one attached hydrogen (secondary N) is 1. The number of alkyl halides is 2. The van der Waals surface area contributed by atoms with Crippen LogP contribution in [0, 0.1) is 0 Å². The molecule has 1 unspecified atom stereocenters. The Labute approximate surface area is 110 Å². The van der Waals surface area contributed by atoms with Crippen molar-refractivity contribution in [2.75, 3.05) is 6.54 Å². The van der Waals surface area contributed by atoms with Crippen LogP contribution in [0.15, 0.2) is 24.3 Å². The average Bonchev–Trinajstić information content (AvgIpc) is 2.35. The second kappa shape index (κ2) is 6.47. The van der Waals surface area contributed by atoms with Gasteiger partial charge in [0.25, 0.3) is 0 Å². The average molecular weight is 272 g/mol. The predicted octanol–water partition coefficient (Wildman–Crippen LogP) is 1.99. The highest BCUT2D eigenvalue weighted by atomic mass is 19.3. The Morgan fingerprint density at radius 2 is 2.11 bits per heavy atom. The van der Waals surface area contributed by atoms with Crippen molar-refractivity contribution < 1.29 is 18.3 Å². The van der Waals surface area contributed by atoms with Crippen molar-refractivity contribution in [3.63, 3.8) is 0 Å². The largest absolute Gasteiger partial charge is 0.434 e. The van der Waals surface area contributed by atoms with E-state index in [0.29, 0.717) is 12.1 Å². The molecule has 0 fully saturated rings. The molecular weight excluding hydrogens is 254 g/mol. The third-order valence-electron chi connectivity index (χ3n) is 2.86. The second-order valence-electron chi connectivity index (χ2n) is 4.29. The standard InChI is InChI=1S/C13H18F2N2O2/c1-3-8-17-13(2,11(16)18)9-6-4-5-7-10(9)19-12(14)15/h4-7,12,17H,3,8H2,1-2H3,(H2,16,18). The molecule has 1 aromatic carbocycles. The van der Waals surface area contributed by atoms with Crippen molar-refractivity contribution in [3.8, 4) is 5.75 Å². The van der Waals surface area contributed by atoms with Gasteiger partial charge in [0.05, 0.1) is 0 Å². The smallest absolute Gasteiger partial charge is 0.387 e. The number of halogens is 2. The van der Waals surface area contributed by atoms with E-state index in [2.05, 4.69) is 10.1 Å². The molecule has 4 nitrogen and oxygen atoms in total. The molecule has 0 aliphatic heterocycles. The highest BCUT2D eigenvalue weighted by molar-refractivity contribution is 5.86. The van der Waals surface area contributed by atoms with Gasteiger partial charge >= 0.3 is 6.61 Å². The van der Waals surface area contributed by atoms with Gasteiger partial charge in [-0.2, -0.15) is 8.78 Å². The van der Waals surface area contributed by atoms with Gasteiger partial charge in [-0.1, -0.05) is 25.1 Å². The monoisotopic (exact) mass is 272 g/mol. The summed E-state index contributed by atoms with van der Waals surface area (Å²) in [6, 6.07) is 6.13. The van der Waals surface area contributed by atoms with E-state index in [1.165, 1.54) is 6.07 Å². The Morgan fingerprint density at radius 1 is 1.47 bits per heavy atom. The first-order chi connectivity index (χ1) is 8.91. The van der Waals surface area contributed by atoms with Crippen LogP contribution in [-0.4, -0.2) is 19.1 Å². The summed E-state index contributed by atoms with van der Waals surface area (Å²) in [4.78, 5) is 11.7. The molecule has 0 radical (unpaired) electrons. The molecule has 0 aliphatic rings. The molecule has 1 atom stereocenters. The molecule has 1 amide bonds. The number of nitrogens with two attached hydrogens (primary N) is 1. The maximum atomic E-state index is 12.4. The third-order valence-corrected chi connectivity index (χ3v) is 2.86. The van der Waals surface area contributed by atoms with Crippen LogP contribution in [0.1, 0.15) is 25.8 Å². The number of ether oxygens (including phenoxy) is 1. The van der Waals surface area contributed by atoms with Crippen LogP contribution in [0.3, 0.4) is 0 Å². The maximum absolute atomic E-state index is 12.4. The van der Waals surface area contributed by atoms with Gasteiger partial charge in [-0.3, -0.25) is 10.1 Å². The molecular formula is C13H18F2N2O2. The van der Waals surface area contributed by atoms with Crippen LogP contribution >= 0.6 is 0 Å². The Kier molecular flexibility index (Phi) is 5.23. The van der Waals surface area contributed by atoms with Crippen LogP contribution in [0.2, 0.25) is 0 Å². The summed E-state index contributed by atoms with van der Waals surface area (Å²) in [5.41, 5.74) is 4.45.